The summed E-state index contributed by atoms with van der Waals surface area (Å²) < 4.78 is 23.8. The van der Waals surface area contributed by atoms with Crippen molar-refractivity contribution in [3.8, 4) is 0 Å². The molecule has 1 amide bonds. The number of halogens is 2. The van der Waals surface area contributed by atoms with Crippen LogP contribution in [0.4, 0.5) is 14.5 Å². The van der Waals surface area contributed by atoms with E-state index in [2.05, 4.69) is 5.32 Å². The van der Waals surface area contributed by atoms with Crippen LogP contribution >= 0.6 is 0 Å². The lowest BCUT2D eigenvalue weighted by molar-refractivity contribution is -0.122. The summed E-state index contributed by atoms with van der Waals surface area (Å²) in [6.45, 7) is 1.03. The number of hydrogen-bond acceptors (Lipinski definition) is 2. The predicted octanol–water partition coefficient (Wildman–Crippen LogP) is 1.75. The number of amides is 1. The highest BCUT2D eigenvalue weighted by atomic mass is 19.3. The van der Waals surface area contributed by atoms with Crippen molar-refractivity contribution in [2.24, 2.45) is 0 Å². The van der Waals surface area contributed by atoms with Gasteiger partial charge in [0, 0.05) is 5.69 Å². The molecule has 0 aliphatic rings. The van der Waals surface area contributed by atoms with Crippen LogP contribution in [0.3, 0.4) is 0 Å². The summed E-state index contributed by atoms with van der Waals surface area (Å²) >= 11 is 0. The number of rotatable bonds is 4. The molecule has 0 radical (unpaired) electrons. The first-order valence-corrected chi connectivity index (χ1v) is 4.92. The molecule has 0 aromatic heterocycles. The minimum absolute atomic E-state index is 0.425. The van der Waals surface area contributed by atoms with E-state index in [1.54, 1.807) is 31.2 Å². The summed E-state index contributed by atoms with van der Waals surface area (Å²) in [5, 5.41) is 2.17. The van der Waals surface area contributed by atoms with Gasteiger partial charge in [0.2, 0.25) is 5.91 Å². The Bertz CT molecular complexity index is 369. The average molecular weight is 228 g/mol. The summed E-state index contributed by atoms with van der Waals surface area (Å²) in [7, 11) is 0. The van der Waals surface area contributed by atoms with Crippen LogP contribution in [0.2, 0.25) is 0 Å². The van der Waals surface area contributed by atoms with Crippen LogP contribution in [0.25, 0.3) is 0 Å². The van der Waals surface area contributed by atoms with Crippen LogP contribution in [-0.2, 0) is 4.79 Å². The molecule has 0 saturated carbocycles. The summed E-state index contributed by atoms with van der Waals surface area (Å²) in [6.07, 6.45) is -2.53. The molecule has 1 aromatic carbocycles. The zero-order chi connectivity index (χ0) is 12.1. The minimum Gasteiger partial charge on any atom is -0.399 e. The smallest absolute Gasteiger partial charge is 0.255 e. The summed E-state index contributed by atoms with van der Waals surface area (Å²) in [4.78, 5) is 11.5. The van der Waals surface area contributed by atoms with Crippen LogP contribution < -0.4 is 11.1 Å². The minimum atomic E-state index is -2.53. The highest BCUT2D eigenvalue weighted by molar-refractivity contribution is 5.83. The molecular formula is C11H14F2N2O. The van der Waals surface area contributed by atoms with Gasteiger partial charge in [0.05, 0.1) is 12.5 Å². The third kappa shape index (κ3) is 3.49. The van der Waals surface area contributed by atoms with Crippen molar-refractivity contribution in [2.75, 3.05) is 12.3 Å². The first-order valence-electron chi connectivity index (χ1n) is 4.92. The van der Waals surface area contributed by atoms with Gasteiger partial charge in [-0.05, 0) is 24.6 Å². The normalized spacial score (nSPS) is 12.5. The van der Waals surface area contributed by atoms with E-state index in [1.807, 2.05) is 0 Å². The first-order chi connectivity index (χ1) is 7.50. The molecule has 3 nitrogen and oxygen atoms in total. The van der Waals surface area contributed by atoms with Crippen molar-refractivity contribution in [1.29, 1.82) is 0 Å². The Morgan fingerprint density at radius 3 is 2.75 bits per heavy atom. The molecule has 0 aliphatic heterocycles. The maximum absolute atomic E-state index is 11.9. The molecule has 16 heavy (non-hydrogen) atoms. The molecule has 0 heterocycles. The third-order valence-electron chi connectivity index (χ3n) is 2.23. The predicted molar refractivity (Wildman–Crippen MR) is 58.3 cm³/mol. The Morgan fingerprint density at radius 2 is 2.19 bits per heavy atom. The zero-order valence-corrected chi connectivity index (χ0v) is 8.91. The number of nitrogens with two attached hydrogens (primary N) is 1. The fourth-order valence-corrected chi connectivity index (χ4v) is 1.31. The number of nitrogen functional groups attached to an aromatic ring is 1. The van der Waals surface area contributed by atoms with Crippen LogP contribution in [0.1, 0.15) is 18.4 Å². The quantitative estimate of drug-likeness (QED) is 0.771. The van der Waals surface area contributed by atoms with Crippen LogP contribution in [-0.4, -0.2) is 18.9 Å². The number of alkyl halides is 2. The van der Waals surface area contributed by atoms with E-state index in [9.17, 15) is 13.6 Å². The molecule has 1 atom stereocenters. The fraction of sp³-hybridized carbons (Fsp3) is 0.364. The SMILES string of the molecule is CC(C(=O)NCC(F)F)c1cccc(N)c1. The highest BCUT2D eigenvalue weighted by Crippen LogP contribution is 2.17. The molecule has 88 valence electrons. The van der Waals surface area contributed by atoms with Gasteiger partial charge in [-0.1, -0.05) is 12.1 Å². The summed E-state index contributed by atoms with van der Waals surface area (Å²) in [5.41, 5.74) is 6.83. The van der Waals surface area contributed by atoms with Crippen molar-refractivity contribution < 1.29 is 13.6 Å². The number of benzene rings is 1. The molecule has 0 spiro atoms. The summed E-state index contributed by atoms with van der Waals surface area (Å²) in [6, 6.07) is 6.82. The van der Waals surface area contributed by atoms with Gasteiger partial charge in [0.1, 0.15) is 0 Å². The molecule has 0 aliphatic carbocycles. The lowest BCUT2D eigenvalue weighted by atomic mass is 10.00. The zero-order valence-electron chi connectivity index (χ0n) is 8.91. The van der Waals surface area contributed by atoms with Crippen LogP contribution in [0.5, 0.6) is 0 Å². The number of carbonyl (C=O) groups excluding carboxylic acids is 1. The fourth-order valence-electron chi connectivity index (χ4n) is 1.31. The van der Waals surface area contributed by atoms with Crippen molar-refractivity contribution in [3.05, 3.63) is 29.8 Å². The molecular weight excluding hydrogens is 214 g/mol. The van der Waals surface area contributed by atoms with E-state index in [-0.39, 0.29) is 0 Å². The van der Waals surface area contributed by atoms with E-state index in [4.69, 9.17) is 5.73 Å². The van der Waals surface area contributed by atoms with Gasteiger partial charge < -0.3 is 11.1 Å². The molecule has 1 aromatic rings. The number of hydrogen-bond donors (Lipinski definition) is 2. The molecule has 0 bridgehead atoms. The molecule has 0 fully saturated rings. The Kier molecular flexibility index (Phi) is 4.22. The maximum atomic E-state index is 11.9. The van der Waals surface area contributed by atoms with E-state index in [0.29, 0.717) is 11.3 Å². The molecule has 1 rings (SSSR count). The lowest BCUT2D eigenvalue weighted by Gasteiger charge is -2.12. The Balaban J connectivity index is 2.63. The van der Waals surface area contributed by atoms with Crippen molar-refractivity contribution in [3.63, 3.8) is 0 Å². The molecule has 0 saturated heterocycles. The Morgan fingerprint density at radius 1 is 1.50 bits per heavy atom. The molecule has 5 heteroatoms. The number of nitrogens with one attached hydrogen (secondary N) is 1. The van der Waals surface area contributed by atoms with Crippen LogP contribution in [0.15, 0.2) is 24.3 Å². The third-order valence-corrected chi connectivity index (χ3v) is 2.23. The van der Waals surface area contributed by atoms with Gasteiger partial charge in [-0.3, -0.25) is 4.79 Å². The van der Waals surface area contributed by atoms with E-state index >= 15 is 0 Å². The van der Waals surface area contributed by atoms with Gasteiger partial charge in [0.15, 0.2) is 0 Å². The van der Waals surface area contributed by atoms with Crippen molar-refractivity contribution in [2.45, 2.75) is 19.3 Å². The number of carbonyl (C=O) groups is 1. The first kappa shape index (κ1) is 12.4. The summed E-state index contributed by atoms with van der Waals surface area (Å²) in [5.74, 6) is -0.909. The van der Waals surface area contributed by atoms with E-state index in [1.165, 1.54) is 0 Å². The van der Waals surface area contributed by atoms with Crippen LogP contribution in [0, 0.1) is 0 Å². The van der Waals surface area contributed by atoms with Gasteiger partial charge >= 0.3 is 0 Å². The van der Waals surface area contributed by atoms with E-state index < -0.39 is 24.8 Å². The molecule has 1 unspecified atom stereocenters. The second kappa shape index (κ2) is 5.44. The number of anilines is 1. The standard InChI is InChI=1S/C11H14F2N2O/c1-7(11(16)15-6-10(12)13)8-3-2-4-9(14)5-8/h2-5,7,10H,6,14H2,1H3,(H,15,16). The maximum Gasteiger partial charge on any atom is 0.255 e. The monoisotopic (exact) mass is 228 g/mol. The Labute approximate surface area is 92.6 Å². The Hall–Kier alpha value is -1.65. The topological polar surface area (TPSA) is 55.1 Å². The lowest BCUT2D eigenvalue weighted by Crippen LogP contribution is -2.31. The highest BCUT2D eigenvalue weighted by Gasteiger charge is 2.16. The van der Waals surface area contributed by atoms with Crippen molar-refractivity contribution in [1.82, 2.24) is 5.32 Å². The van der Waals surface area contributed by atoms with Gasteiger partial charge in [-0.2, -0.15) is 0 Å². The van der Waals surface area contributed by atoms with Crippen molar-refractivity contribution >= 4 is 11.6 Å². The van der Waals surface area contributed by atoms with E-state index in [0.717, 1.165) is 0 Å². The largest absolute Gasteiger partial charge is 0.399 e. The van der Waals surface area contributed by atoms with Gasteiger partial charge in [0.25, 0.3) is 6.43 Å². The molecule has 3 N–H and O–H groups in total. The van der Waals surface area contributed by atoms with Gasteiger partial charge in [-0.25, -0.2) is 8.78 Å². The second-order valence-electron chi connectivity index (χ2n) is 3.53. The second-order valence-corrected chi connectivity index (χ2v) is 3.53. The van der Waals surface area contributed by atoms with Gasteiger partial charge in [-0.15, -0.1) is 0 Å². The average Bonchev–Trinajstić information content (AvgIpc) is 2.24.